The van der Waals surface area contributed by atoms with Gasteiger partial charge in [-0.05, 0) is 36.3 Å². The zero-order valence-electron chi connectivity index (χ0n) is 5.59. The van der Waals surface area contributed by atoms with Crippen LogP contribution >= 0.6 is 11.6 Å². The van der Waals surface area contributed by atoms with E-state index in [2.05, 4.69) is 12.2 Å². The van der Waals surface area contributed by atoms with Crippen molar-refractivity contribution in [2.45, 2.75) is 12.8 Å². The van der Waals surface area contributed by atoms with Crippen molar-refractivity contribution in [2.75, 3.05) is 0 Å². The highest BCUT2D eigenvalue weighted by Gasteiger charge is 2.38. The van der Waals surface area contributed by atoms with E-state index in [0.717, 1.165) is 12.8 Å². The Morgan fingerprint density at radius 3 is 2.50 bits per heavy atom. The number of carbonyl (C=O) groups excluding carboxylic acids is 1. The predicted octanol–water partition coefficient (Wildman–Crippen LogP) is 1.96. The Bertz CT molecular complexity index is 197. The average molecular weight is 157 g/mol. The molecule has 0 aromatic heterocycles. The van der Waals surface area contributed by atoms with Crippen LogP contribution in [0.25, 0.3) is 0 Å². The summed E-state index contributed by atoms with van der Waals surface area (Å²) < 4.78 is 0. The molecule has 2 aliphatic rings. The first-order chi connectivity index (χ1) is 4.77. The lowest BCUT2D eigenvalue weighted by Crippen LogP contribution is -2.13. The van der Waals surface area contributed by atoms with Crippen molar-refractivity contribution in [3.8, 4) is 0 Å². The highest BCUT2D eigenvalue weighted by atomic mass is 35.5. The van der Waals surface area contributed by atoms with Gasteiger partial charge in [-0.15, -0.1) is 0 Å². The Morgan fingerprint density at radius 2 is 2.20 bits per heavy atom. The second kappa shape index (κ2) is 2.09. The van der Waals surface area contributed by atoms with Gasteiger partial charge in [0.25, 0.3) is 0 Å². The van der Waals surface area contributed by atoms with Crippen LogP contribution in [0.15, 0.2) is 12.2 Å². The molecule has 3 atom stereocenters. The van der Waals surface area contributed by atoms with Gasteiger partial charge in [-0.25, -0.2) is 0 Å². The Kier molecular flexibility index (Phi) is 1.34. The number of allylic oxidation sites excluding steroid dienone is 2. The fourth-order valence-corrected chi connectivity index (χ4v) is 2.29. The lowest BCUT2D eigenvalue weighted by molar-refractivity contribution is -0.115. The maximum absolute atomic E-state index is 10.8. The first-order valence-corrected chi connectivity index (χ1v) is 4.03. The van der Waals surface area contributed by atoms with Gasteiger partial charge in [-0.3, -0.25) is 4.79 Å². The fraction of sp³-hybridized carbons (Fsp3) is 0.625. The molecule has 0 unspecified atom stereocenters. The van der Waals surface area contributed by atoms with Crippen LogP contribution in [-0.2, 0) is 4.79 Å². The van der Waals surface area contributed by atoms with E-state index in [1.165, 1.54) is 0 Å². The van der Waals surface area contributed by atoms with Crippen molar-refractivity contribution in [3.05, 3.63) is 12.2 Å². The minimum atomic E-state index is -0.142. The summed E-state index contributed by atoms with van der Waals surface area (Å²) in [6.45, 7) is 0. The zero-order valence-corrected chi connectivity index (χ0v) is 6.34. The maximum Gasteiger partial charge on any atom is 0.225 e. The van der Waals surface area contributed by atoms with Crippen LogP contribution in [0.5, 0.6) is 0 Å². The second-order valence-corrected chi connectivity index (χ2v) is 3.56. The van der Waals surface area contributed by atoms with Gasteiger partial charge in [0.05, 0.1) is 0 Å². The standard InChI is InChI=1S/C8H9ClO/c9-8(10)7-4-5-1-2-6(7)3-5/h1-2,5-7H,3-4H2/t5-,6+,7+/m0/s1. The van der Waals surface area contributed by atoms with Crippen molar-refractivity contribution < 1.29 is 4.79 Å². The van der Waals surface area contributed by atoms with Crippen LogP contribution in [0, 0.1) is 17.8 Å². The molecule has 1 saturated carbocycles. The van der Waals surface area contributed by atoms with Gasteiger partial charge in [0.2, 0.25) is 5.24 Å². The van der Waals surface area contributed by atoms with E-state index in [0.29, 0.717) is 11.8 Å². The lowest BCUT2D eigenvalue weighted by atomic mass is 9.95. The largest absolute Gasteiger partial charge is 0.281 e. The fourth-order valence-electron chi connectivity index (χ4n) is 2.04. The molecule has 2 aliphatic carbocycles. The van der Waals surface area contributed by atoms with E-state index >= 15 is 0 Å². The van der Waals surface area contributed by atoms with Crippen LogP contribution < -0.4 is 0 Å². The van der Waals surface area contributed by atoms with Gasteiger partial charge in [-0.1, -0.05) is 12.2 Å². The molecular formula is C8H9ClO. The Morgan fingerprint density at radius 1 is 1.40 bits per heavy atom. The van der Waals surface area contributed by atoms with Crippen LogP contribution in [-0.4, -0.2) is 5.24 Å². The van der Waals surface area contributed by atoms with E-state index in [4.69, 9.17) is 11.6 Å². The number of carbonyl (C=O) groups is 1. The molecule has 1 fully saturated rings. The number of rotatable bonds is 1. The third kappa shape index (κ3) is 0.807. The van der Waals surface area contributed by atoms with Crippen molar-refractivity contribution in [2.24, 2.45) is 17.8 Å². The summed E-state index contributed by atoms with van der Waals surface area (Å²) in [6, 6.07) is 0. The van der Waals surface area contributed by atoms with Crippen molar-refractivity contribution in [3.63, 3.8) is 0 Å². The van der Waals surface area contributed by atoms with Gasteiger partial charge in [0, 0.05) is 5.92 Å². The molecule has 10 heavy (non-hydrogen) atoms. The van der Waals surface area contributed by atoms with Crippen molar-refractivity contribution in [1.29, 1.82) is 0 Å². The predicted molar refractivity (Wildman–Crippen MR) is 39.7 cm³/mol. The molecule has 54 valence electrons. The van der Waals surface area contributed by atoms with Gasteiger partial charge in [0.15, 0.2) is 0 Å². The molecule has 0 aromatic rings. The summed E-state index contributed by atoms with van der Waals surface area (Å²) >= 11 is 5.41. The number of fused-ring (bicyclic) bond motifs is 2. The lowest BCUT2D eigenvalue weighted by Gasteiger charge is -2.11. The molecule has 2 rings (SSSR count). The third-order valence-electron chi connectivity index (χ3n) is 2.57. The summed E-state index contributed by atoms with van der Waals surface area (Å²) in [4.78, 5) is 10.8. The smallest absolute Gasteiger partial charge is 0.225 e. The summed E-state index contributed by atoms with van der Waals surface area (Å²) in [5.74, 6) is 1.25. The highest BCUT2D eigenvalue weighted by Crippen LogP contribution is 2.44. The van der Waals surface area contributed by atoms with E-state index in [-0.39, 0.29) is 11.2 Å². The SMILES string of the molecule is O=C(Cl)[C@@H]1C[C@H]2C=C[C@@H]1C2. The topological polar surface area (TPSA) is 17.1 Å². The summed E-state index contributed by atoms with van der Waals surface area (Å²) in [7, 11) is 0. The van der Waals surface area contributed by atoms with E-state index in [1.54, 1.807) is 0 Å². The molecule has 0 N–H and O–H groups in total. The molecule has 2 heteroatoms. The number of hydrogen-bond donors (Lipinski definition) is 0. The van der Waals surface area contributed by atoms with Crippen LogP contribution in [0.3, 0.4) is 0 Å². The Balaban J connectivity index is 2.16. The summed E-state index contributed by atoms with van der Waals surface area (Å²) in [6.07, 6.45) is 6.49. The molecule has 0 aromatic carbocycles. The zero-order chi connectivity index (χ0) is 7.14. The molecule has 1 nitrogen and oxygen atoms in total. The van der Waals surface area contributed by atoms with E-state index < -0.39 is 0 Å². The molecule has 0 aliphatic heterocycles. The quantitative estimate of drug-likeness (QED) is 0.419. The summed E-state index contributed by atoms with van der Waals surface area (Å²) in [5, 5.41) is -0.142. The molecule has 0 saturated heterocycles. The summed E-state index contributed by atoms with van der Waals surface area (Å²) in [5.41, 5.74) is 0. The first kappa shape index (κ1) is 6.41. The Labute approximate surface area is 65.1 Å². The van der Waals surface area contributed by atoms with Crippen molar-refractivity contribution in [1.82, 2.24) is 0 Å². The van der Waals surface area contributed by atoms with Crippen molar-refractivity contribution >= 4 is 16.8 Å². The first-order valence-electron chi connectivity index (χ1n) is 3.65. The minimum Gasteiger partial charge on any atom is -0.281 e. The monoisotopic (exact) mass is 156 g/mol. The molecule has 0 amide bonds. The van der Waals surface area contributed by atoms with E-state index in [9.17, 15) is 4.79 Å². The minimum absolute atomic E-state index is 0.136. The average Bonchev–Trinajstić information content (AvgIpc) is 2.44. The normalized spacial score (nSPS) is 42.7. The molecular weight excluding hydrogens is 148 g/mol. The Hall–Kier alpha value is -0.300. The second-order valence-electron chi connectivity index (χ2n) is 3.19. The van der Waals surface area contributed by atoms with Gasteiger partial charge in [0.1, 0.15) is 0 Å². The third-order valence-corrected chi connectivity index (χ3v) is 2.85. The van der Waals surface area contributed by atoms with Gasteiger partial charge >= 0.3 is 0 Å². The van der Waals surface area contributed by atoms with Crippen LogP contribution in [0.2, 0.25) is 0 Å². The molecule has 0 spiro atoms. The maximum atomic E-state index is 10.8. The molecule has 0 heterocycles. The number of halogens is 1. The molecule has 0 radical (unpaired) electrons. The van der Waals surface area contributed by atoms with Gasteiger partial charge < -0.3 is 0 Å². The highest BCUT2D eigenvalue weighted by molar-refractivity contribution is 6.64. The molecule has 2 bridgehead atoms. The van der Waals surface area contributed by atoms with E-state index in [1.807, 2.05) is 0 Å². The van der Waals surface area contributed by atoms with Crippen LogP contribution in [0.1, 0.15) is 12.8 Å². The number of hydrogen-bond acceptors (Lipinski definition) is 1. The van der Waals surface area contributed by atoms with Crippen LogP contribution in [0.4, 0.5) is 0 Å². The van der Waals surface area contributed by atoms with Gasteiger partial charge in [-0.2, -0.15) is 0 Å².